The van der Waals surface area contributed by atoms with Gasteiger partial charge in [-0.1, -0.05) is 22.0 Å². The fourth-order valence-electron chi connectivity index (χ4n) is 2.31. The lowest BCUT2D eigenvalue weighted by atomic mass is 9.99. The van der Waals surface area contributed by atoms with Crippen LogP contribution in [0.2, 0.25) is 0 Å². The highest BCUT2D eigenvalue weighted by Gasteiger charge is 2.10. The predicted molar refractivity (Wildman–Crippen MR) is 84.3 cm³/mol. The number of hydrogen-bond acceptors (Lipinski definition) is 3. The standard InChI is InChI=1S/C16H13BrFN3/c17-12-5-10(6-13(18)9-12)7-14(19)11-1-2-15-16(8-11)21-4-3-20-15/h1-6,8-9,14H,7,19H2. The summed E-state index contributed by atoms with van der Waals surface area (Å²) in [5, 5.41) is 0. The van der Waals surface area contributed by atoms with Gasteiger partial charge in [0.15, 0.2) is 0 Å². The summed E-state index contributed by atoms with van der Waals surface area (Å²) in [7, 11) is 0. The van der Waals surface area contributed by atoms with E-state index >= 15 is 0 Å². The lowest BCUT2D eigenvalue weighted by Gasteiger charge is -2.13. The number of rotatable bonds is 3. The Balaban J connectivity index is 1.87. The molecule has 3 nitrogen and oxygen atoms in total. The molecule has 0 bridgehead atoms. The van der Waals surface area contributed by atoms with Crippen LogP contribution >= 0.6 is 15.9 Å². The molecular weight excluding hydrogens is 333 g/mol. The maximum absolute atomic E-state index is 13.4. The average molecular weight is 346 g/mol. The van der Waals surface area contributed by atoms with Crippen molar-refractivity contribution in [2.75, 3.05) is 0 Å². The van der Waals surface area contributed by atoms with Crippen molar-refractivity contribution in [2.24, 2.45) is 5.73 Å². The van der Waals surface area contributed by atoms with E-state index < -0.39 is 0 Å². The second-order valence-corrected chi connectivity index (χ2v) is 5.81. The molecule has 0 aliphatic heterocycles. The van der Waals surface area contributed by atoms with E-state index in [4.69, 9.17) is 5.73 Å². The van der Waals surface area contributed by atoms with Gasteiger partial charge in [0.05, 0.1) is 11.0 Å². The number of halogens is 2. The van der Waals surface area contributed by atoms with Crippen LogP contribution < -0.4 is 5.73 Å². The van der Waals surface area contributed by atoms with E-state index in [1.807, 2.05) is 24.3 Å². The van der Waals surface area contributed by atoms with E-state index in [0.717, 1.165) is 22.2 Å². The van der Waals surface area contributed by atoms with Gasteiger partial charge in [-0.05, 0) is 47.9 Å². The summed E-state index contributed by atoms with van der Waals surface area (Å²) in [6, 6.07) is 10.4. The molecule has 1 heterocycles. The van der Waals surface area contributed by atoms with Gasteiger partial charge in [0, 0.05) is 22.9 Å². The zero-order valence-corrected chi connectivity index (χ0v) is 12.7. The van der Waals surface area contributed by atoms with Crippen LogP contribution in [0.1, 0.15) is 17.2 Å². The van der Waals surface area contributed by atoms with Gasteiger partial charge in [0.25, 0.3) is 0 Å². The van der Waals surface area contributed by atoms with Crippen LogP contribution in [-0.2, 0) is 6.42 Å². The van der Waals surface area contributed by atoms with Gasteiger partial charge in [-0.15, -0.1) is 0 Å². The Hall–Kier alpha value is -1.85. The van der Waals surface area contributed by atoms with Crippen LogP contribution in [0.3, 0.4) is 0 Å². The first kappa shape index (κ1) is 14.1. The van der Waals surface area contributed by atoms with Crippen molar-refractivity contribution < 1.29 is 4.39 Å². The van der Waals surface area contributed by atoms with Crippen molar-refractivity contribution in [1.82, 2.24) is 9.97 Å². The largest absolute Gasteiger partial charge is 0.324 e. The minimum absolute atomic E-state index is 0.217. The number of nitrogens with two attached hydrogens (primary N) is 1. The molecule has 0 aliphatic carbocycles. The first-order valence-corrected chi connectivity index (χ1v) is 7.32. The van der Waals surface area contributed by atoms with E-state index in [1.54, 1.807) is 12.4 Å². The Morgan fingerprint density at radius 3 is 2.57 bits per heavy atom. The van der Waals surface area contributed by atoms with Crippen molar-refractivity contribution in [3.05, 3.63) is 70.2 Å². The molecular formula is C16H13BrFN3. The fourth-order valence-corrected chi connectivity index (χ4v) is 2.82. The number of aromatic nitrogens is 2. The van der Waals surface area contributed by atoms with Gasteiger partial charge in [-0.25, -0.2) is 4.39 Å². The Labute approximate surface area is 130 Å². The van der Waals surface area contributed by atoms with Crippen molar-refractivity contribution in [3.63, 3.8) is 0 Å². The smallest absolute Gasteiger partial charge is 0.124 e. The summed E-state index contributed by atoms with van der Waals surface area (Å²) in [6.07, 6.45) is 3.87. The zero-order valence-electron chi connectivity index (χ0n) is 11.1. The van der Waals surface area contributed by atoms with Crippen LogP contribution in [0.25, 0.3) is 11.0 Å². The molecule has 0 radical (unpaired) electrons. The summed E-state index contributed by atoms with van der Waals surface area (Å²) < 4.78 is 14.1. The highest BCUT2D eigenvalue weighted by atomic mass is 79.9. The average Bonchev–Trinajstić information content (AvgIpc) is 2.45. The van der Waals surface area contributed by atoms with E-state index in [0.29, 0.717) is 10.9 Å². The molecule has 21 heavy (non-hydrogen) atoms. The van der Waals surface area contributed by atoms with E-state index in [2.05, 4.69) is 25.9 Å². The van der Waals surface area contributed by atoms with Crippen LogP contribution in [0, 0.1) is 5.82 Å². The van der Waals surface area contributed by atoms with Gasteiger partial charge in [-0.2, -0.15) is 0 Å². The summed E-state index contributed by atoms with van der Waals surface area (Å²) in [6.45, 7) is 0. The maximum atomic E-state index is 13.4. The molecule has 2 aromatic carbocycles. The molecule has 3 aromatic rings. The minimum atomic E-state index is -0.268. The number of benzene rings is 2. The molecule has 0 amide bonds. The monoisotopic (exact) mass is 345 g/mol. The lowest BCUT2D eigenvalue weighted by molar-refractivity contribution is 0.621. The van der Waals surface area contributed by atoms with Crippen LogP contribution in [0.4, 0.5) is 4.39 Å². The zero-order chi connectivity index (χ0) is 14.8. The summed E-state index contributed by atoms with van der Waals surface area (Å²) in [4.78, 5) is 8.50. The fraction of sp³-hybridized carbons (Fsp3) is 0.125. The highest BCUT2D eigenvalue weighted by molar-refractivity contribution is 9.10. The minimum Gasteiger partial charge on any atom is -0.324 e. The lowest BCUT2D eigenvalue weighted by Crippen LogP contribution is -2.13. The van der Waals surface area contributed by atoms with E-state index in [9.17, 15) is 4.39 Å². The highest BCUT2D eigenvalue weighted by Crippen LogP contribution is 2.22. The molecule has 1 aromatic heterocycles. The molecule has 0 spiro atoms. The Morgan fingerprint density at radius 2 is 1.81 bits per heavy atom. The van der Waals surface area contributed by atoms with Crippen molar-refractivity contribution in [1.29, 1.82) is 0 Å². The predicted octanol–water partition coefficient (Wildman–Crippen LogP) is 3.77. The Bertz CT molecular complexity index is 771. The Morgan fingerprint density at radius 1 is 1.05 bits per heavy atom. The molecule has 2 N–H and O–H groups in total. The van der Waals surface area contributed by atoms with Crippen LogP contribution in [0.15, 0.2) is 53.3 Å². The molecule has 3 rings (SSSR count). The van der Waals surface area contributed by atoms with E-state index in [-0.39, 0.29) is 11.9 Å². The van der Waals surface area contributed by atoms with Crippen molar-refractivity contribution in [3.8, 4) is 0 Å². The first-order chi connectivity index (χ1) is 10.1. The maximum Gasteiger partial charge on any atom is 0.124 e. The molecule has 106 valence electrons. The number of hydrogen-bond donors (Lipinski definition) is 1. The topological polar surface area (TPSA) is 51.8 Å². The third-order valence-corrected chi connectivity index (χ3v) is 3.76. The third-order valence-electron chi connectivity index (χ3n) is 3.30. The SMILES string of the molecule is NC(Cc1cc(F)cc(Br)c1)c1ccc2nccnc2c1. The number of nitrogens with zero attached hydrogens (tertiary/aromatic N) is 2. The van der Waals surface area contributed by atoms with Gasteiger partial charge in [0.1, 0.15) is 5.82 Å². The van der Waals surface area contributed by atoms with Crippen molar-refractivity contribution in [2.45, 2.75) is 12.5 Å². The number of fused-ring (bicyclic) bond motifs is 1. The second-order valence-electron chi connectivity index (χ2n) is 4.89. The van der Waals surface area contributed by atoms with E-state index in [1.165, 1.54) is 12.1 Å². The summed E-state index contributed by atoms with van der Waals surface area (Å²) in [5.41, 5.74) is 9.70. The molecule has 0 fully saturated rings. The quantitative estimate of drug-likeness (QED) is 0.785. The molecule has 1 unspecified atom stereocenters. The first-order valence-electron chi connectivity index (χ1n) is 6.53. The van der Waals surface area contributed by atoms with Gasteiger partial charge >= 0.3 is 0 Å². The molecule has 0 saturated heterocycles. The Kier molecular flexibility index (Phi) is 3.94. The van der Waals surface area contributed by atoms with Crippen molar-refractivity contribution >= 4 is 27.0 Å². The van der Waals surface area contributed by atoms with Crippen LogP contribution in [-0.4, -0.2) is 9.97 Å². The van der Waals surface area contributed by atoms with Gasteiger partial charge < -0.3 is 5.73 Å². The third kappa shape index (κ3) is 3.25. The van der Waals surface area contributed by atoms with Gasteiger partial charge in [0.2, 0.25) is 0 Å². The molecule has 1 atom stereocenters. The van der Waals surface area contributed by atoms with Gasteiger partial charge in [-0.3, -0.25) is 9.97 Å². The summed E-state index contributed by atoms with van der Waals surface area (Å²) in [5.74, 6) is -0.268. The molecule has 0 saturated carbocycles. The summed E-state index contributed by atoms with van der Waals surface area (Å²) >= 11 is 3.29. The second kappa shape index (κ2) is 5.87. The van der Waals surface area contributed by atoms with Crippen LogP contribution in [0.5, 0.6) is 0 Å². The normalized spacial score (nSPS) is 12.5. The molecule has 5 heteroatoms. The molecule has 0 aliphatic rings.